The van der Waals surface area contributed by atoms with Crippen LogP contribution in [0.4, 0.5) is 10.5 Å². The molecule has 25 heavy (non-hydrogen) atoms. The Kier molecular flexibility index (Phi) is 4.71. The van der Waals surface area contributed by atoms with Crippen molar-refractivity contribution in [3.63, 3.8) is 0 Å². The molecule has 0 spiro atoms. The molecule has 0 radical (unpaired) electrons. The highest BCUT2D eigenvalue weighted by atomic mass is 35.5. The second-order valence-corrected chi connectivity index (χ2v) is 7.33. The van der Waals surface area contributed by atoms with Crippen molar-refractivity contribution in [3.8, 4) is 0 Å². The molecule has 0 saturated carbocycles. The maximum Gasteiger partial charge on any atom is 0.332 e. The summed E-state index contributed by atoms with van der Waals surface area (Å²) in [5.41, 5.74) is 0.266. The van der Waals surface area contributed by atoms with Crippen LogP contribution < -0.4 is 4.90 Å². The molecule has 7 heteroatoms. The van der Waals surface area contributed by atoms with Gasteiger partial charge in [0.25, 0.3) is 5.91 Å². The summed E-state index contributed by atoms with van der Waals surface area (Å²) in [5, 5.41) is 0.555. The third-order valence-electron chi connectivity index (χ3n) is 4.50. The van der Waals surface area contributed by atoms with Gasteiger partial charge in [0.05, 0.1) is 20.8 Å². The van der Waals surface area contributed by atoms with Gasteiger partial charge in [-0.3, -0.25) is 4.79 Å². The molecule has 0 aliphatic carbocycles. The number of halogens is 3. The summed E-state index contributed by atoms with van der Waals surface area (Å²) >= 11 is 18.1. The van der Waals surface area contributed by atoms with E-state index >= 15 is 0 Å². The summed E-state index contributed by atoms with van der Waals surface area (Å²) in [5.74, 6) is -0.335. The number of urea groups is 1. The number of hydrogen-bond acceptors (Lipinski definition) is 2. The van der Waals surface area contributed by atoms with E-state index in [9.17, 15) is 9.59 Å². The highest BCUT2D eigenvalue weighted by Crippen LogP contribution is 2.39. The standard InChI is InChI=1S/C18H15Cl3N2O2/c1-18(10-11-6-4-3-5-7-11)16(24)23(17(25)22(18)2)12-8-13(19)15(21)14(20)9-12/h3-9H,10H2,1-2H3. The number of benzene rings is 2. The lowest BCUT2D eigenvalue weighted by atomic mass is 9.91. The average molecular weight is 398 g/mol. The van der Waals surface area contributed by atoms with E-state index in [2.05, 4.69) is 0 Å². The number of rotatable bonds is 3. The van der Waals surface area contributed by atoms with Crippen molar-refractivity contribution in [3.05, 3.63) is 63.1 Å². The van der Waals surface area contributed by atoms with Crippen LogP contribution in [0.25, 0.3) is 0 Å². The van der Waals surface area contributed by atoms with Gasteiger partial charge in [-0.25, -0.2) is 9.69 Å². The predicted molar refractivity (Wildman–Crippen MR) is 101 cm³/mol. The van der Waals surface area contributed by atoms with Crippen molar-refractivity contribution in [2.45, 2.75) is 18.9 Å². The van der Waals surface area contributed by atoms with E-state index in [4.69, 9.17) is 34.8 Å². The Bertz CT molecular complexity index is 834. The van der Waals surface area contributed by atoms with Gasteiger partial charge in [-0.05, 0) is 24.6 Å². The molecule has 4 nitrogen and oxygen atoms in total. The summed E-state index contributed by atoms with van der Waals surface area (Å²) < 4.78 is 0. The average Bonchev–Trinajstić information content (AvgIpc) is 2.74. The Labute approximate surface area is 160 Å². The van der Waals surface area contributed by atoms with Gasteiger partial charge in [0.2, 0.25) is 0 Å². The molecule has 1 unspecified atom stereocenters. The molecule has 1 fully saturated rings. The fourth-order valence-electron chi connectivity index (χ4n) is 2.92. The lowest BCUT2D eigenvalue weighted by Crippen LogP contribution is -2.47. The Morgan fingerprint density at radius 3 is 2.12 bits per heavy atom. The number of carbonyl (C=O) groups is 2. The number of carbonyl (C=O) groups excluding carboxylic acids is 2. The van der Waals surface area contributed by atoms with Crippen LogP contribution in [0.3, 0.4) is 0 Å². The molecule has 1 atom stereocenters. The van der Waals surface area contributed by atoms with E-state index in [0.717, 1.165) is 10.5 Å². The lowest BCUT2D eigenvalue weighted by Gasteiger charge is -2.28. The minimum absolute atomic E-state index is 0.184. The van der Waals surface area contributed by atoms with Crippen LogP contribution >= 0.6 is 34.8 Å². The summed E-state index contributed by atoms with van der Waals surface area (Å²) in [6, 6.07) is 12.1. The van der Waals surface area contributed by atoms with E-state index < -0.39 is 11.6 Å². The SMILES string of the molecule is CN1C(=O)N(c2cc(Cl)c(Cl)c(Cl)c2)C(=O)C1(C)Cc1ccccc1. The first-order chi connectivity index (χ1) is 11.8. The first kappa shape index (κ1) is 18.1. The molecule has 3 rings (SSSR count). The van der Waals surface area contributed by atoms with Crippen molar-refractivity contribution < 1.29 is 9.59 Å². The smallest absolute Gasteiger partial charge is 0.312 e. The van der Waals surface area contributed by atoms with Crippen molar-refractivity contribution in [2.24, 2.45) is 0 Å². The molecule has 130 valence electrons. The quantitative estimate of drug-likeness (QED) is 0.537. The van der Waals surface area contributed by atoms with Crippen LogP contribution in [-0.2, 0) is 11.2 Å². The van der Waals surface area contributed by atoms with Gasteiger partial charge in [-0.15, -0.1) is 0 Å². The minimum atomic E-state index is -1.00. The molecule has 1 aliphatic rings. The highest BCUT2D eigenvalue weighted by molar-refractivity contribution is 6.48. The Balaban J connectivity index is 2.01. The lowest BCUT2D eigenvalue weighted by molar-refractivity contribution is -0.123. The van der Waals surface area contributed by atoms with Crippen molar-refractivity contribution in [1.82, 2.24) is 4.90 Å². The maximum atomic E-state index is 13.1. The fraction of sp³-hybridized carbons (Fsp3) is 0.222. The predicted octanol–water partition coefficient (Wildman–Crippen LogP) is 5.05. The van der Waals surface area contributed by atoms with Gasteiger partial charge >= 0.3 is 6.03 Å². The zero-order valence-corrected chi connectivity index (χ0v) is 15.9. The second kappa shape index (κ2) is 6.52. The van der Waals surface area contributed by atoms with E-state index in [-0.39, 0.29) is 21.0 Å². The number of amides is 3. The zero-order chi connectivity index (χ0) is 18.4. The number of hydrogen-bond donors (Lipinski definition) is 0. The summed E-state index contributed by atoms with van der Waals surface area (Å²) in [6.45, 7) is 1.75. The van der Waals surface area contributed by atoms with Crippen LogP contribution in [0, 0.1) is 0 Å². The van der Waals surface area contributed by atoms with E-state index in [0.29, 0.717) is 12.1 Å². The summed E-state index contributed by atoms with van der Waals surface area (Å²) in [6.07, 6.45) is 0.403. The normalized spacial score (nSPS) is 20.5. The Morgan fingerprint density at radius 2 is 1.56 bits per heavy atom. The van der Waals surface area contributed by atoms with E-state index in [1.165, 1.54) is 17.0 Å². The van der Waals surface area contributed by atoms with Crippen molar-refractivity contribution in [2.75, 3.05) is 11.9 Å². The van der Waals surface area contributed by atoms with E-state index in [1.54, 1.807) is 14.0 Å². The van der Waals surface area contributed by atoms with Gasteiger partial charge in [0.1, 0.15) is 5.54 Å². The van der Waals surface area contributed by atoms with Crippen LogP contribution in [-0.4, -0.2) is 29.4 Å². The van der Waals surface area contributed by atoms with Gasteiger partial charge in [-0.2, -0.15) is 0 Å². The third kappa shape index (κ3) is 2.99. The number of nitrogens with zero attached hydrogens (tertiary/aromatic N) is 2. The molecule has 1 heterocycles. The molecule has 0 aromatic heterocycles. The molecule has 0 bridgehead atoms. The topological polar surface area (TPSA) is 40.6 Å². The van der Waals surface area contributed by atoms with Gasteiger partial charge in [0, 0.05) is 13.5 Å². The minimum Gasteiger partial charge on any atom is -0.312 e. The van der Waals surface area contributed by atoms with Crippen LogP contribution in [0.5, 0.6) is 0 Å². The molecular weight excluding hydrogens is 383 g/mol. The second-order valence-electron chi connectivity index (χ2n) is 6.14. The van der Waals surface area contributed by atoms with Gasteiger partial charge < -0.3 is 4.90 Å². The third-order valence-corrected chi connectivity index (χ3v) is 5.70. The number of likely N-dealkylation sites (N-methyl/N-ethyl adjacent to an activating group) is 1. The summed E-state index contributed by atoms with van der Waals surface area (Å²) in [4.78, 5) is 28.4. The monoisotopic (exact) mass is 396 g/mol. The van der Waals surface area contributed by atoms with Crippen LogP contribution in [0.2, 0.25) is 15.1 Å². The number of imide groups is 1. The van der Waals surface area contributed by atoms with Crippen molar-refractivity contribution >= 4 is 52.4 Å². The van der Waals surface area contributed by atoms with E-state index in [1.807, 2.05) is 30.3 Å². The zero-order valence-electron chi connectivity index (χ0n) is 13.6. The summed E-state index contributed by atoms with van der Waals surface area (Å²) in [7, 11) is 1.61. The molecule has 2 aromatic carbocycles. The van der Waals surface area contributed by atoms with Crippen LogP contribution in [0.15, 0.2) is 42.5 Å². The highest BCUT2D eigenvalue weighted by Gasteiger charge is 2.53. The largest absolute Gasteiger partial charge is 0.332 e. The first-order valence-electron chi connectivity index (χ1n) is 7.56. The van der Waals surface area contributed by atoms with Gasteiger partial charge in [0.15, 0.2) is 0 Å². The molecule has 1 aliphatic heterocycles. The molecule has 0 N–H and O–H groups in total. The Hall–Kier alpha value is -1.75. The molecule has 1 saturated heterocycles. The fourth-order valence-corrected chi connectivity index (χ4v) is 3.50. The maximum absolute atomic E-state index is 13.1. The number of anilines is 1. The Morgan fingerprint density at radius 1 is 1.00 bits per heavy atom. The van der Waals surface area contributed by atoms with Gasteiger partial charge in [-0.1, -0.05) is 65.1 Å². The molecular formula is C18H15Cl3N2O2. The molecule has 2 aromatic rings. The van der Waals surface area contributed by atoms with Crippen molar-refractivity contribution in [1.29, 1.82) is 0 Å². The van der Waals surface area contributed by atoms with Crippen LogP contribution in [0.1, 0.15) is 12.5 Å². The molecule has 3 amide bonds. The first-order valence-corrected chi connectivity index (χ1v) is 8.70.